The first-order valence-electron chi connectivity index (χ1n) is 8.21. The van der Waals surface area contributed by atoms with Crippen molar-refractivity contribution in [3.63, 3.8) is 0 Å². The number of ether oxygens (including phenoxy) is 1. The number of anilines is 1. The lowest BCUT2D eigenvalue weighted by Crippen LogP contribution is -3.15. The van der Waals surface area contributed by atoms with Gasteiger partial charge in [-0.25, -0.2) is 4.79 Å². The Kier molecular flexibility index (Phi) is 5.77. The standard InChI is InChI=1S/C18H26N2O3/c1-12-7-13(2)10-20(9-12)11-17(21)19-16-8-15(18(22)23-4)6-5-14(16)3/h5-6,8,12-13H,7,9-11H2,1-4H3,(H,19,21)/p+1/t12-,13-/m0/s1. The van der Waals surface area contributed by atoms with E-state index >= 15 is 0 Å². The van der Waals surface area contributed by atoms with Crippen molar-refractivity contribution in [2.75, 3.05) is 32.1 Å². The van der Waals surface area contributed by atoms with Crippen LogP contribution in [0.5, 0.6) is 0 Å². The van der Waals surface area contributed by atoms with Crippen molar-refractivity contribution in [3.05, 3.63) is 29.3 Å². The van der Waals surface area contributed by atoms with Gasteiger partial charge in [-0.3, -0.25) is 4.79 Å². The molecule has 1 fully saturated rings. The molecule has 1 aliphatic rings. The molecule has 5 heteroatoms. The van der Waals surface area contributed by atoms with Gasteiger partial charge in [0, 0.05) is 17.5 Å². The second-order valence-corrected chi connectivity index (χ2v) is 6.85. The molecular formula is C18H27N2O3+. The predicted molar refractivity (Wildman–Crippen MR) is 89.7 cm³/mol. The topological polar surface area (TPSA) is 59.8 Å². The molecule has 0 unspecified atom stereocenters. The summed E-state index contributed by atoms with van der Waals surface area (Å²) in [5.74, 6) is 0.910. The van der Waals surface area contributed by atoms with E-state index < -0.39 is 5.97 Å². The molecular weight excluding hydrogens is 292 g/mol. The van der Waals surface area contributed by atoms with Gasteiger partial charge in [0.2, 0.25) is 0 Å². The van der Waals surface area contributed by atoms with E-state index in [1.807, 2.05) is 13.0 Å². The molecule has 5 nitrogen and oxygen atoms in total. The zero-order valence-corrected chi connectivity index (χ0v) is 14.4. The fraction of sp³-hybridized carbons (Fsp3) is 0.556. The quantitative estimate of drug-likeness (QED) is 0.822. The Morgan fingerprint density at radius 2 is 1.91 bits per heavy atom. The normalized spacial score (nSPS) is 24.1. The van der Waals surface area contributed by atoms with Crippen molar-refractivity contribution >= 4 is 17.6 Å². The number of carbonyl (C=O) groups excluding carboxylic acids is 2. The van der Waals surface area contributed by atoms with Crippen LogP contribution < -0.4 is 10.2 Å². The number of hydrogen-bond donors (Lipinski definition) is 2. The number of esters is 1. The van der Waals surface area contributed by atoms with Crippen LogP contribution in [-0.4, -0.2) is 38.6 Å². The van der Waals surface area contributed by atoms with Crippen LogP contribution in [0.25, 0.3) is 0 Å². The van der Waals surface area contributed by atoms with Gasteiger partial charge in [0.05, 0.1) is 25.8 Å². The van der Waals surface area contributed by atoms with E-state index in [9.17, 15) is 9.59 Å². The summed E-state index contributed by atoms with van der Waals surface area (Å²) in [5, 5.41) is 2.94. The van der Waals surface area contributed by atoms with Gasteiger partial charge in [-0.15, -0.1) is 0 Å². The number of piperidine rings is 1. The Labute approximate surface area is 138 Å². The monoisotopic (exact) mass is 319 g/mol. The highest BCUT2D eigenvalue weighted by molar-refractivity contribution is 5.95. The van der Waals surface area contributed by atoms with Gasteiger partial charge in [0.25, 0.3) is 5.91 Å². The first-order valence-corrected chi connectivity index (χ1v) is 8.21. The van der Waals surface area contributed by atoms with Crippen molar-refractivity contribution in [1.82, 2.24) is 0 Å². The Morgan fingerprint density at radius 3 is 2.52 bits per heavy atom. The number of quaternary nitrogens is 1. The molecule has 1 heterocycles. The number of likely N-dealkylation sites (tertiary alicyclic amines) is 1. The van der Waals surface area contributed by atoms with Crippen molar-refractivity contribution in [2.24, 2.45) is 11.8 Å². The maximum absolute atomic E-state index is 12.3. The summed E-state index contributed by atoms with van der Waals surface area (Å²) >= 11 is 0. The Balaban J connectivity index is 2.01. The molecule has 0 aliphatic carbocycles. The molecule has 0 saturated carbocycles. The van der Waals surface area contributed by atoms with Gasteiger partial charge in [-0.05, 0) is 31.0 Å². The summed E-state index contributed by atoms with van der Waals surface area (Å²) < 4.78 is 4.73. The maximum Gasteiger partial charge on any atom is 0.337 e. The molecule has 1 aromatic carbocycles. The van der Waals surface area contributed by atoms with Crippen LogP contribution in [0.1, 0.15) is 36.2 Å². The first-order chi connectivity index (χ1) is 10.9. The molecule has 126 valence electrons. The summed E-state index contributed by atoms with van der Waals surface area (Å²) in [4.78, 5) is 25.3. The number of rotatable bonds is 4. The van der Waals surface area contributed by atoms with E-state index in [2.05, 4.69) is 19.2 Å². The van der Waals surface area contributed by atoms with Crippen molar-refractivity contribution in [1.29, 1.82) is 0 Å². The average molecular weight is 319 g/mol. The molecule has 0 aromatic heterocycles. The van der Waals surface area contributed by atoms with Crippen LogP contribution in [0, 0.1) is 18.8 Å². The zero-order valence-electron chi connectivity index (χ0n) is 14.4. The molecule has 0 spiro atoms. The van der Waals surface area contributed by atoms with E-state index in [0.717, 1.165) is 18.7 Å². The van der Waals surface area contributed by atoms with Gasteiger partial charge in [-0.1, -0.05) is 19.9 Å². The fourth-order valence-electron chi connectivity index (χ4n) is 3.49. The van der Waals surface area contributed by atoms with Crippen LogP contribution in [0.15, 0.2) is 18.2 Å². The number of nitrogens with one attached hydrogen (secondary N) is 2. The predicted octanol–water partition coefficient (Wildman–Crippen LogP) is 1.28. The lowest BCUT2D eigenvalue weighted by Gasteiger charge is -2.31. The van der Waals surface area contributed by atoms with Crippen molar-refractivity contribution in [3.8, 4) is 0 Å². The van der Waals surface area contributed by atoms with Gasteiger partial charge in [0.1, 0.15) is 0 Å². The van der Waals surface area contributed by atoms with Crippen LogP contribution >= 0.6 is 0 Å². The number of aryl methyl sites for hydroxylation is 1. The summed E-state index contributed by atoms with van der Waals surface area (Å²) in [5.41, 5.74) is 2.05. The Bertz CT molecular complexity index is 576. The second kappa shape index (κ2) is 7.59. The van der Waals surface area contributed by atoms with Crippen molar-refractivity contribution < 1.29 is 19.2 Å². The summed E-state index contributed by atoms with van der Waals surface area (Å²) in [6.07, 6.45) is 1.24. The molecule has 0 radical (unpaired) electrons. The highest BCUT2D eigenvalue weighted by atomic mass is 16.5. The molecule has 2 rings (SSSR count). The first kappa shape index (κ1) is 17.5. The maximum atomic E-state index is 12.3. The van der Waals surface area contributed by atoms with E-state index in [4.69, 9.17) is 4.74 Å². The number of amides is 1. The van der Waals surface area contributed by atoms with E-state index in [-0.39, 0.29) is 5.91 Å². The summed E-state index contributed by atoms with van der Waals surface area (Å²) in [7, 11) is 1.35. The SMILES string of the molecule is COC(=O)c1ccc(C)c(NC(=O)C[NH+]2C[C@@H](C)C[C@H](C)C2)c1. The molecule has 1 amide bonds. The summed E-state index contributed by atoms with van der Waals surface area (Å²) in [6.45, 7) is 8.96. The Hall–Kier alpha value is -1.88. The molecule has 1 aromatic rings. The van der Waals surface area contributed by atoms with Crippen LogP contribution in [0.4, 0.5) is 5.69 Å². The average Bonchev–Trinajstić information content (AvgIpc) is 2.47. The van der Waals surface area contributed by atoms with E-state index in [0.29, 0.717) is 29.6 Å². The van der Waals surface area contributed by atoms with E-state index in [1.165, 1.54) is 18.4 Å². The molecule has 1 saturated heterocycles. The number of benzene rings is 1. The van der Waals surface area contributed by atoms with Gasteiger partial charge in [-0.2, -0.15) is 0 Å². The minimum atomic E-state index is -0.398. The highest BCUT2D eigenvalue weighted by Gasteiger charge is 2.26. The molecule has 1 aliphatic heterocycles. The van der Waals surface area contributed by atoms with Gasteiger partial charge >= 0.3 is 5.97 Å². The highest BCUT2D eigenvalue weighted by Crippen LogP contribution is 2.17. The number of carbonyl (C=O) groups is 2. The van der Waals surface area contributed by atoms with Crippen LogP contribution in [-0.2, 0) is 9.53 Å². The minimum Gasteiger partial charge on any atom is -0.465 e. The Morgan fingerprint density at radius 1 is 1.26 bits per heavy atom. The smallest absolute Gasteiger partial charge is 0.337 e. The largest absolute Gasteiger partial charge is 0.465 e. The van der Waals surface area contributed by atoms with E-state index in [1.54, 1.807) is 12.1 Å². The fourth-order valence-corrected chi connectivity index (χ4v) is 3.49. The zero-order chi connectivity index (χ0) is 17.0. The number of methoxy groups -OCH3 is 1. The van der Waals surface area contributed by atoms with Crippen molar-refractivity contribution in [2.45, 2.75) is 27.2 Å². The minimum absolute atomic E-state index is 0.00795. The molecule has 2 atom stereocenters. The molecule has 0 bridgehead atoms. The van der Waals surface area contributed by atoms with Crippen LogP contribution in [0.2, 0.25) is 0 Å². The number of hydrogen-bond acceptors (Lipinski definition) is 3. The molecule has 23 heavy (non-hydrogen) atoms. The third-order valence-corrected chi connectivity index (χ3v) is 4.42. The summed E-state index contributed by atoms with van der Waals surface area (Å²) in [6, 6.07) is 5.20. The lowest BCUT2D eigenvalue weighted by molar-refractivity contribution is -0.904. The van der Waals surface area contributed by atoms with Crippen LogP contribution in [0.3, 0.4) is 0 Å². The molecule has 2 N–H and O–H groups in total. The van der Waals surface area contributed by atoms with Gasteiger partial charge < -0.3 is 15.0 Å². The third kappa shape index (κ3) is 4.79. The van der Waals surface area contributed by atoms with Gasteiger partial charge in [0.15, 0.2) is 6.54 Å². The lowest BCUT2D eigenvalue weighted by atomic mass is 9.92. The third-order valence-electron chi connectivity index (χ3n) is 4.42. The second-order valence-electron chi connectivity index (χ2n) is 6.85.